The molecule has 0 bridgehead atoms. The lowest BCUT2D eigenvalue weighted by atomic mass is 10.0. The number of carboxylic acids is 1. The molecule has 0 saturated carbocycles. The molecule has 0 heterocycles. The van der Waals surface area contributed by atoms with E-state index in [0.29, 0.717) is 5.75 Å². The van der Waals surface area contributed by atoms with Crippen LogP contribution < -0.4 is 4.74 Å². The largest absolute Gasteiger partial charge is 0.480 e. The molecule has 0 aromatic heterocycles. The first-order valence-electron chi connectivity index (χ1n) is 6.74. The first-order valence-corrected chi connectivity index (χ1v) is 6.74. The average molecular weight is 305 g/mol. The lowest BCUT2D eigenvalue weighted by Gasteiger charge is -2.23. The molecule has 1 rings (SSSR count). The lowest BCUT2D eigenvalue weighted by molar-refractivity contribution is -0.148. The van der Waals surface area contributed by atoms with E-state index in [2.05, 4.69) is 0 Å². The zero-order valence-electron chi connectivity index (χ0n) is 12.8. The number of carbonyl (C=O) groups is 3. The number of amides is 1. The van der Waals surface area contributed by atoms with Crippen LogP contribution in [-0.4, -0.2) is 40.9 Å². The Morgan fingerprint density at radius 3 is 2.32 bits per heavy atom. The Hall–Kier alpha value is -2.63. The van der Waals surface area contributed by atoms with Gasteiger partial charge >= 0.3 is 11.9 Å². The van der Waals surface area contributed by atoms with E-state index in [-0.39, 0.29) is 12.3 Å². The molecule has 118 valence electrons. The van der Waals surface area contributed by atoms with Crippen LogP contribution in [0.4, 0.5) is 0 Å². The molecule has 0 aliphatic heterocycles. The standard InChI is InChI=1S/C16H19NO5/c1-4-5-15(19)22-13-8-6-12(7-9-13)10-14(16(20)21)17(3)11(2)18/h4-9,14H,10H2,1-3H3,(H,20,21)/b5-4+/t14-/m0/s1. The van der Waals surface area contributed by atoms with Crippen LogP contribution >= 0.6 is 0 Å². The van der Waals surface area contributed by atoms with Gasteiger partial charge < -0.3 is 14.7 Å². The van der Waals surface area contributed by atoms with Crippen LogP contribution in [0, 0.1) is 0 Å². The first kappa shape index (κ1) is 17.4. The van der Waals surface area contributed by atoms with E-state index < -0.39 is 18.0 Å². The van der Waals surface area contributed by atoms with Gasteiger partial charge in [-0.05, 0) is 24.6 Å². The van der Waals surface area contributed by atoms with Crippen LogP contribution in [0.5, 0.6) is 5.75 Å². The number of ether oxygens (including phenoxy) is 1. The minimum absolute atomic E-state index is 0.175. The van der Waals surface area contributed by atoms with Gasteiger partial charge in [0.15, 0.2) is 0 Å². The van der Waals surface area contributed by atoms with Crippen molar-refractivity contribution in [2.45, 2.75) is 26.3 Å². The summed E-state index contributed by atoms with van der Waals surface area (Å²) in [6, 6.07) is 5.57. The summed E-state index contributed by atoms with van der Waals surface area (Å²) in [5.74, 6) is -1.49. The van der Waals surface area contributed by atoms with Gasteiger partial charge in [0, 0.05) is 26.5 Å². The number of carboxylic acid groups (broad SMARTS) is 1. The highest BCUT2D eigenvalue weighted by atomic mass is 16.5. The van der Waals surface area contributed by atoms with Gasteiger partial charge in [-0.15, -0.1) is 0 Å². The molecule has 0 saturated heterocycles. The summed E-state index contributed by atoms with van der Waals surface area (Å²) in [6.45, 7) is 3.03. The summed E-state index contributed by atoms with van der Waals surface area (Å²) in [7, 11) is 1.45. The Bertz CT molecular complexity index is 577. The fourth-order valence-corrected chi connectivity index (χ4v) is 1.81. The Balaban J connectivity index is 2.79. The van der Waals surface area contributed by atoms with Gasteiger partial charge in [-0.25, -0.2) is 9.59 Å². The number of hydrogen-bond donors (Lipinski definition) is 1. The molecule has 0 radical (unpaired) electrons. The number of aliphatic carboxylic acids is 1. The molecule has 1 aromatic carbocycles. The molecule has 0 aliphatic rings. The summed E-state index contributed by atoms with van der Waals surface area (Å²) in [6.07, 6.45) is 3.05. The molecular formula is C16H19NO5. The van der Waals surface area contributed by atoms with Crippen molar-refractivity contribution in [1.29, 1.82) is 0 Å². The van der Waals surface area contributed by atoms with Crippen molar-refractivity contribution >= 4 is 17.8 Å². The molecule has 1 amide bonds. The molecule has 0 spiro atoms. The summed E-state index contributed by atoms with van der Waals surface area (Å²) in [4.78, 5) is 35.1. The summed E-state index contributed by atoms with van der Waals surface area (Å²) < 4.78 is 5.04. The predicted octanol–water partition coefficient (Wildman–Crippen LogP) is 1.64. The Labute approximate surface area is 129 Å². The number of rotatable bonds is 6. The van der Waals surface area contributed by atoms with Crippen LogP contribution in [0.15, 0.2) is 36.4 Å². The maximum atomic E-state index is 11.3. The minimum Gasteiger partial charge on any atom is -0.480 e. The van der Waals surface area contributed by atoms with Crippen molar-refractivity contribution in [2.24, 2.45) is 0 Å². The monoisotopic (exact) mass is 305 g/mol. The molecule has 1 N–H and O–H groups in total. The fourth-order valence-electron chi connectivity index (χ4n) is 1.81. The maximum absolute atomic E-state index is 11.3. The quantitative estimate of drug-likeness (QED) is 0.491. The van der Waals surface area contributed by atoms with Crippen molar-refractivity contribution in [3.05, 3.63) is 42.0 Å². The Morgan fingerprint density at radius 2 is 1.86 bits per heavy atom. The van der Waals surface area contributed by atoms with Gasteiger partial charge in [-0.1, -0.05) is 18.2 Å². The highest BCUT2D eigenvalue weighted by molar-refractivity contribution is 5.84. The molecule has 0 aliphatic carbocycles. The normalized spacial score (nSPS) is 12.0. The fraction of sp³-hybridized carbons (Fsp3) is 0.312. The molecule has 0 fully saturated rings. The molecule has 22 heavy (non-hydrogen) atoms. The highest BCUT2D eigenvalue weighted by Gasteiger charge is 2.24. The number of benzene rings is 1. The minimum atomic E-state index is -1.07. The number of esters is 1. The first-order chi connectivity index (χ1) is 10.3. The number of carbonyl (C=O) groups excluding carboxylic acids is 2. The van der Waals surface area contributed by atoms with Gasteiger partial charge in [0.05, 0.1) is 0 Å². The Kier molecular flexibility index (Phi) is 6.31. The second kappa shape index (κ2) is 7.97. The molecule has 1 atom stereocenters. The summed E-state index contributed by atoms with van der Waals surface area (Å²) in [5, 5.41) is 9.22. The predicted molar refractivity (Wildman–Crippen MR) is 80.5 cm³/mol. The highest BCUT2D eigenvalue weighted by Crippen LogP contribution is 2.15. The van der Waals surface area contributed by atoms with Crippen molar-refractivity contribution in [1.82, 2.24) is 4.90 Å². The van der Waals surface area contributed by atoms with Crippen LogP contribution in [0.25, 0.3) is 0 Å². The van der Waals surface area contributed by atoms with E-state index in [4.69, 9.17) is 4.74 Å². The molecule has 6 nitrogen and oxygen atoms in total. The Morgan fingerprint density at radius 1 is 1.27 bits per heavy atom. The van der Waals surface area contributed by atoms with E-state index in [0.717, 1.165) is 5.56 Å². The summed E-state index contributed by atoms with van der Waals surface area (Å²) in [5.41, 5.74) is 0.728. The number of allylic oxidation sites excluding steroid dienone is 1. The zero-order valence-corrected chi connectivity index (χ0v) is 12.8. The zero-order chi connectivity index (χ0) is 16.7. The van der Waals surface area contributed by atoms with Crippen LogP contribution in [0.1, 0.15) is 19.4 Å². The van der Waals surface area contributed by atoms with Gasteiger partial charge in [0.2, 0.25) is 5.91 Å². The second-order valence-electron chi connectivity index (χ2n) is 4.75. The number of nitrogens with zero attached hydrogens (tertiary/aromatic N) is 1. The number of hydrogen-bond acceptors (Lipinski definition) is 4. The molecule has 1 aromatic rings. The van der Waals surface area contributed by atoms with Crippen LogP contribution in [-0.2, 0) is 20.8 Å². The van der Waals surface area contributed by atoms with E-state index in [1.165, 1.54) is 24.9 Å². The number of likely N-dealkylation sites (N-methyl/N-ethyl adjacent to an activating group) is 1. The van der Waals surface area contributed by atoms with E-state index in [1.807, 2.05) is 0 Å². The summed E-state index contributed by atoms with van der Waals surface area (Å²) >= 11 is 0. The lowest BCUT2D eigenvalue weighted by Crippen LogP contribution is -2.42. The third-order valence-electron chi connectivity index (χ3n) is 3.12. The topological polar surface area (TPSA) is 83.9 Å². The van der Waals surface area contributed by atoms with Gasteiger partial charge in [0.25, 0.3) is 0 Å². The van der Waals surface area contributed by atoms with Gasteiger partial charge in [-0.3, -0.25) is 4.79 Å². The van der Waals surface area contributed by atoms with E-state index in [1.54, 1.807) is 37.3 Å². The van der Waals surface area contributed by atoms with Crippen LogP contribution in [0.2, 0.25) is 0 Å². The molecule has 0 unspecified atom stereocenters. The van der Waals surface area contributed by atoms with Gasteiger partial charge in [-0.2, -0.15) is 0 Å². The molecule has 6 heteroatoms. The third-order valence-corrected chi connectivity index (χ3v) is 3.12. The third kappa shape index (κ3) is 5.05. The smallest absolute Gasteiger partial charge is 0.335 e. The van der Waals surface area contributed by atoms with Crippen molar-refractivity contribution in [3.63, 3.8) is 0 Å². The SMILES string of the molecule is C/C=C/C(=O)Oc1ccc(C[C@@H](C(=O)O)N(C)C(C)=O)cc1. The van der Waals surface area contributed by atoms with Crippen molar-refractivity contribution < 1.29 is 24.2 Å². The van der Waals surface area contributed by atoms with Crippen molar-refractivity contribution in [2.75, 3.05) is 7.05 Å². The second-order valence-corrected chi connectivity index (χ2v) is 4.75. The van der Waals surface area contributed by atoms with E-state index in [9.17, 15) is 19.5 Å². The maximum Gasteiger partial charge on any atom is 0.335 e. The van der Waals surface area contributed by atoms with E-state index >= 15 is 0 Å². The van der Waals surface area contributed by atoms with Gasteiger partial charge in [0.1, 0.15) is 11.8 Å². The van der Waals surface area contributed by atoms with Crippen LogP contribution in [0.3, 0.4) is 0 Å². The molecular weight excluding hydrogens is 286 g/mol. The van der Waals surface area contributed by atoms with Crippen molar-refractivity contribution in [3.8, 4) is 5.75 Å². The average Bonchev–Trinajstić information content (AvgIpc) is 2.45.